The van der Waals surface area contributed by atoms with Crippen molar-refractivity contribution in [1.29, 1.82) is 0 Å². The molecule has 0 saturated carbocycles. The van der Waals surface area contributed by atoms with Crippen molar-refractivity contribution in [2.24, 2.45) is 7.05 Å². The predicted molar refractivity (Wildman–Crippen MR) is 124 cm³/mol. The summed E-state index contributed by atoms with van der Waals surface area (Å²) in [6, 6.07) is 4.83. The zero-order valence-corrected chi connectivity index (χ0v) is 20.2. The van der Waals surface area contributed by atoms with Crippen molar-refractivity contribution >= 4 is 35.0 Å². The standard InChI is InChI=1S/C23H24Cl2N6O2/c1-13-10-28(3)20(26-13)12-29-6-7-31-21(23(29)33)16-11-30(14(2)8-19(16)27-31)22(32)15-4-5-17(24)18(25)9-15/h4-5,9-10,14H,6-8,11-12H2,1-3H3/t14-/m1/s1. The van der Waals surface area contributed by atoms with E-state index in [9.17, 15) is 9.59 Å². The molecular formula is C23H24Cl2N6O2. The number of amides is 2. The molecule has 0 radical (unpaired) electrons. The molecule has 3 aromatic rings. The third kappa shape index (κ3) is 3.81. The summed E-state index contributed by atoms with van der Waals surface area (Å²) >= 11 is 12.1. The van der Waals surface area contributed by atoms with E-state index < -0.39 is 0 Å². The molecular weight excluding hydrogens is 463 g/mol. The molecule has 0 bridgehead atoms. The van der Waals surface area contributed by atoms with Gasteiger partial charge in [0.1, 0.15) is 11.5 Å². The minimum atomic E-state index is -0.143. The summed E-state index contributed by atoms with van der Waals surface area (Å²) in [6.07, 6.45) is 2.54. The molecule has 33 heavy (non-hydrogen) atoms. The van der Waals surface area contributed by atoms with Crippen LogP contribution in [-0.4, -0.2) is 53.5 Å². The molecule has 2 aromatic heterocycles. The largest absolute Gasteiger partial charge is 0.336 e. The summed E-state index contributed by atoms with van der Waals surface area (Å²) in [4.78, 5) is 34.9. The van der Waals surface area contributed by atoms with E-state index in [1.807, 2.05) is 36.6 Å². The van der Waals surface area contributed by atoms with E-state index in [1.165, 1.54) is 0 Å². The van der Waals surface area contributed by atoms with Gasteiger partial charge in [0.25, 0.3) is 11.8 Å². The SMILES string of the molecule is Cc1cn(C)c(CN2CCn3nc4c(c3C2=O)CN(C(=O)c2ccc(Cl)c(Cl)c2)[C@H](C)C4)n1. The van der Waals surface area contributed by atoms with Crippen molar-refractivity contribution in [3.05, 3.63) is 68.5 Å². The number of hydrogen-bond donors (Lipinski definition) is 0. The number of benzene rings is 1. The number of carbonyl (C=O) groups is 2. The minimum absolute atomic E-state index is 0.0573. The van der Waals surface area contributed by atoms with Crippen LogP contribution in [0.5, 0.6) is 0 Å². The highest BCUT2D eigenvalue weighted by molar-refractivity contribution is 6.42. The van der Waals surface area contributed by atoms with Crippen LogP contribution in [0.1, 0.15) is 50.5 Å². The van der Waals surface area contributed by atoms with Crippen molar-refractivity contribution < 1.29 is 9.59 Å². The van der Waals surface area contributed by atoms with Gasteiger partial charge in [0, 0.05) is 43.4 Å². The monoisotopic (exact) mass is 486 g/mol. The fourth-order valence-corrected chi connectivity index (χ4v) is 4.96. The van der Waals surface area contributed by atoms with Crippen molar-refractivity contribution in [1.82, 2.24) is 29.1 Å². The Morgan fingerprint density at radius 2 is 2.00 bits per heavy atom. The van der Waals surface area contributed by atoms with Gasteiger partial charge in [-0.05, 0) is 32.0 Å². The predicted octanol–water partition coefficient (Wildman–Crippen LogP) is 3.47. The number of halogens is 2. The fourth-order valence-electron chi connectivity index (χ4n) is 4.66. The van der Waals surface area contributed by atoms with E-state index in [2.05, 4.69) is 4.98 Å². The first-order chi connectivity index (χ1) is 15.7. The number of imidazole rings is 1. The molecule has 10 heteroatoms. The molecule has 8 nitrogen and oxygen atoms in total. The van der Waals surface area contributed by atoms with Crippen LogP contribution in [-0.2, 0) is 33.1 Å². The third-order valence-electron chi connectivity index (χ3n) is 6.41. The lowest BCUT2D eigenvalue weighted by Crippen LogP contribution is -2.44. The van der Waals surface area contributed by atoms with E-state index in [-0.39, 0.29) is 17.9 Å². The first-order valence-electron chi connectivity index (χ1n) is 10.9. The molecule has 2 amide bonds. The number of fused-ring (bicyclic) bond motifs is 3. The number of carbonyl (C=O) groups excluding carboxylic acids is 2. The lowest BCUT2D eigenvalue weighted by atomic mass is 9.97. The van der Waals surface area contributed by atoms with Crippen LogP contribution in [0.2, 0.25) is 10.0 Å². The van der Waals surface area contributed by atoms with E-state index in [0.29, 0.717) is 53.9 Å². The van der Waals surface area contributed by atoms with Gasteiger partial charge in [-0.2, -0.15) is 5.10 Å². The first-order valence-corrected chi connectivity index (χ1v) is 11.6. The van der Waals surface area contributed by atoms with E-state index in [1.54, 1.807) is 27.8 Å². The summed E-state index contributed by atoms with van der Waals surface area (Å²) in [6.45, 7) is 5.88. The number of hydrogen-bond acceptors (Lipinski definition) is 4. The maximum absolute atomic E-state index is 13.5. The maximum atomic E-state index is 13.5. The second-order valence-electron chi connectivity index (χ2n) is 8.75. The lowest BCUT2D eigenvalue weighted by molar-refractivity contribution is 0.0635. The molecule has 0 unspecified atom stereocenters. The Morgan fingerprint density at radius 3 is 2.70 bits per heavy atom. The van der Waals surface area contributed by atoms with Gasteiger partial charge in [0.15, 0.2) is 0 Å². The molecule has 2 aliphatic rings. The third-order valence-corrected chi connectivity index (χ3v) is 7.15. The number of aryl methyl sites for hydroxylation is 2. The Hall–Kier alpha value is -2.84. The summed E-state index contributed by atoms with van der Waals surface area (Å²) in [5, 5.41) is 5.46. The molecule has 0 N–H and O–H groups in total. The zero-order valence-electron chi connectivity index (χ0n) is 18.7. The smallest absolute Gasteiger partial charge is 0.272 e. The minimum Gasteiger partial charge on any atom is -0.336 e. The van der Waals surface area contributed by atoms with Crippen molar-refractivity contribution in [3.63, 3.8) is 0 Å². The summed E-state index contributed by atoms with van der Waals surface area (Å²) in [7, 11) is 1.93. The first kappa shape index (κ1) is 22.0. The van der Waals surface area contributed by atoms with Gasteiger partial charge in [-0.3, -0.25) is 14.3 Å². The molecule has 0 fully saturated rings. The number of rotatable bonds is 3. The zero-order chi connectivity index (χ0) is 23.4. The Labute approximate surface area is 201 Å². The Balaban J connectivity index is 1.43. The lowest BCUT2D eigenvalue weighted by Gasteiger charge is -2.34. The summed E-state index contributed by atoms with van der Waals surface area (Å²) < 4.78 is 3.75. The van der Waals surface area contributed by atoms with Gasteiger partial charge in [-0.25, -0.2) is 4.98 Å². The van der Waals surface area contributed by atoms with Crippen LogP contribution in [0.4, 0.5) is 0 Å². The van der Waals surface area contributed by atoms with Crippen LogP contribution in [0, 0.1) is 6.92 Å². The second-order valence-corrected chi connectivity index (χ2v) is 9.56. The summed E-state index contributed by atoms with van der Waals surface area (Å²) in [5.41, 5.74) is 3.68. The van der Waals surface area contributed by atoms with Crippen LogP contribution in [0.25, 0.3) is 0 Å². The quantitative estimate of drug-likeness (QED) is 0.567. The van der Waals surface area contributed by atoms with Gasteiger partial charge < -0.3 is 14.4 Å². The topological polar surface area (TPSA) is 76.3 Å². The Kier molecular flexibility index (Phi) is 5.45. The Morgan fingerprint density at radius 1 is 1.21 bits per heavy atom. The second kappa shape index (κ2) is 8.18. The normalized spacial score (nSPS) is 17.8. The van der Waals surface area contributed by atoms with E-state index in [0.717, 1.165) is 22.8 Å². The average molecular weight is 487 g/mol. The molecule has 1 aromatic carbocycles. The highest BCUT2D eigenvalue weighted by Crippen LogP contribution is 2.31. The molecule has 4 heterocycles. The van der Waals surface area contributed by atoms with Crippen LogP contribution in [0.3, 0.4) is 0 Å². The highest BCUT2D eigenvalue weighted by Gasteiger charge is 2.37. The van der Waals surface area contributed by atoms with E-state index >= 15 is 0 Å². The van der Waals surface area contributed by atoms with E-state index in [4.69, 9.17) is 28.3 Å². The average Bonchev–Trinajstić information content (AvgIpc) is 3.29. The van der Waals surface area contributed by atoms with Gasteiger partial charge in [0.05, 0.1) is 41.1 Å². The highest BCUT2D eigenvalue weighted by atomic mass is 35.5. The molecule has 0 saturated heterocycles. The van der Waals surface area contributed by atoms with Gasteiger partial charge in [0.2, 0.25) is 0 Å². The van der Waals surface area contributed by atoms with Gasteiger partial charge in [-0.15, -0.1) is 0 Å². The van der Waals surface area contributed by atoms with Gasteiger partial charge in [-0.1, -0.05) is 23.2 Å². The molecule has 1 atom stereocenters. The van der Waals surface area contributed by atoms with Crippen LogP contribution < -0.4 is 0 Å². The number of aromatic nitrogens is 4. The summed E-state index contributed by atoms with van der Waals surface area (Å²) in [5.74, 6) is 0.620. The maximum Gasteiger partial charge on any atom is 0.272 e. The molecule has 0 spiro atoms. The van der Waals surface area contributed by atoms with Crippen molar-refractivity contribution in [2.45, 2.75) is 45.9 Å². The van der Waals surface area contributed by atoms with Crippen molar-refractivity contribution in [3.8, 4) is 0 Å². The molecule has 172 valence electrons. The van der Waals surface area contributed by atoms with Crippen molar-refractivity contribution in [2.75, 3.05) is 6.54 Å². The van der Waals surface area contributed by atoms with Crippen LogP contribution >= 0.6 is 23.2 Å². The van der Waals surface area contributed by atoms with Crippen LogP contribution in [0.15, 0.2) is 24.4 Å². The fraction of sp³-hybridized carbons (Fsp3) is 0.391. The molecule has 5 rings (SSSR count). The van der Waals surface area contributed by atoms with Gasteiger partial charge >= 0.3 is 0 Å². The molecule has 2 aliphatic heterocycles. The Bertz CT molecular complexity index is 1280. The molecule has 0 aliphatic carbocycles. The number of nitrogens with zero attached hydrogens (tertiary/aromatic N) is 6.